The van der Waals surface area contributed by atoms with Gasteiger partial charge in [-0.05, 0) is 23.9 Å². The molecular weight excluding hydrogens is 352 g/mol. The number of anilines is 1. The topological polar surface area (TPSA) is 66.9 Å². The third kappa shape index (κ3) is 3.00. The second kappa shape index (κ2) is 6.64. The van der Waals surface area contributed by atoms with Crippen LogP contribution in [0.15, 0.2) is 36.4 Å². The van der Waals surface area contributed by atoms with E-state index in [1.807, 2.05) is 36.4 Å². The molecule has 4 rings (SSSR count). The van der Waals surface area contributed by atoms with E-state index in [-0.39, 0.29) is 23.5 Å². The Bertz CT molecular complexity index is 952. The normalized spacial score (nSPS) is 21.2. The molecule has 2 aromatic carbocycles. The summed E-state index contributed by atoms with van der Waals surface area (Å²) in [6.07, 6.45) is 0.602. The van der Waals surface area contributed by atoms with Crippen molar-refractivity contribution in [1.29, 1.82) is 0 Å². The molecule has 2 aliphatic heterocycles. The van der Waals surface area contributed by atoms with E-state index in [1.165, 1.54) is 0 Å². The molecular formula is C19H22N2O4S. The van der Waals surface area contributed by atoms with Crippen LogP contribution in [0.3, 0.4) is 0 Å². The van der Waals surface area contributed by atoms with Gasteiger partial charge in [-0.2, -0.15) is 0 Å². The van der Waals surface area contributed by atoms with Crippen molar-refractivity contribution in [3.63, 3.8) is 0 Å². The quantitative estimate of drug-likeness (QED) is 0.773. The van der Waals surface area contributed by atoms with Gasteiger partial charge in [-0.1, -0.05) is 24.3 Å². The molecule has 6 nitrogen and oxygen atoms in total. The molecule has 0 aromatic heterocycles. The maximum Gasteiger partial charge on any atom is 0.260 e. The molecule has 0 aliphatic carbocycles. The number of ether oxygens (including phenoxy) is 1. The molecule has 1 saturated heterocycles. The van der Waals surface area contributed by atoms with Crippen LogP contribution >= 0.6 is 0 Å². The van der Waals surface area contributed by atoms with E-state index in [9.17, 15) is 13.2 Å². The minimum atomic E-state index is -2.99. The highest BCUT2D eigenvalue weighted by Gasteiger charge is 2.36. The summed E-state index contributed by atoms with van der Waals surface area (Å²) >= 11 is 0. The van der Waals surface area contributed by atoms with Gasteiger partial charge in [-0.15, -0.1) is 0 Å². The first kappa shape index (κ1) is 17.5. The highest BCUT2D eigenvalue weighted by molar-refractivity contribution is 7.91. The van der Waals surface area contributed by atoms with Crippen LogP contribution in [0, 0.1) is 0 Å². The van der Waals surface area contributed by atoms with E-state index in [0.29, 0.717) is 31.8 Å². The standard InChI is InChI=1S/C19H22N2O4S/c1-25-10-9-20(15-8-11-26(23,24)12-15)13-21-17-7-3-5-14-4-2-6-16(18(14)17)19(21)22/h2-7,15H,8-13H2,1H3/t15-/m1/s1. The van der Waals surface area contributed by atoms with Gasteiger partial charge in [-0.3, -0.25) is 14.6 Å². The number of amides is 1. The fourth-order valence-corrected chi connectivity index (χ4v) is 5.70. The molecule has 0 unspecified atom stereocenters. The van der Waals surface area contributed by atoms with Crippen LogP contribution in [0.1, 0.15) is 16.8 Å². The first-order valence-electron chi connectivity index (χ1n) is 8.77. The number of benzene rings is 2. The van der Waals surface area contributed by atoms with Gasteiger partial charge in [-0.25, -0.2) is 8.42 Å². The van der Waals surface area contributed by atoms with E-state index in [2.05, 4.69) is 4.90 Å². The third-order valence-corrected chi connectivity index (χ3v) is 7.03. The summed E-state index contributed by atoms with van der Waals surface area (Å²) in [7, 11) is -1.37. The maximum absolute atomic E-state index is 13.0. The fourth-order valence-electron chi connectivity index (χ4n) is 3.94. The lowest BCUT2D eigenvalue weighted by Gasteiger charge is -2.32. The second-order valence-corrected chi connectivity index (χ2v) is 9.15. The van der Waals surface area contributed by atoms with Crippen molar-refractivity contribution in [3.8, 4) is 0 Å². The molecule has 0 bridgehead atoms. The zero-order chi connectivity index (χ0) is 18.3. The molecule has 7 heteroatoms. The van der Waals surface area contributed by atoms with Crippen molar-refractivity contribution in [2.75, 3.05) is 43.3 Å². The van der Waals surface area contributed by atoms with E-state index in [0.717, 1.165) is 16.5 Å². The van der Waals surface area contributed by atoms with E-state index in [1.54, 1.807) is 12.0 Å². The fraction of sp³-hybridized carbons (Fsp3) is 0.421. The summed E-state index contributed by atoms with van der Waals surface area (Å²) in [5.41, 5.74) is 1.61. The Morgan fingerprint density at radius 3 is 2.69 bits per heavy atom. The molecule has 1 fully saturated rings. The molecule has 2 aromatic rings. The molecule has 0 saturated carbocycles. The molecule has 0 radical (unpaired) electrons. The van der Waals surface area contributed by atoms with Crippen molar-refractivity contribution in [2.24, 2.45) is 0 Å². The Hall–Kier alpha value is -1.96. The Morgan fingerprint density at radius 1 is 1.23 bits per heavy atom. The number of sulfone groups is 1. The van der Waals surface area contributed by atoms with E-state index < -0.39 is 9.84 Å². The molecule has 1 atom stereocenters. The summed E-state index contributed by atoms with van der Waals surface area (Å²) in [6.45, 7) is 1.46. The SMILES string of the molecule is COCCN(CN1C(=O)c2cccc3cccc1c23)[C@@H]1CCS(=O)(=O)C1. The van der Waals surface area contributed by atoms with Crippen molar-refractivity contribution in [3.05, 3.63) is 42.0 Å². The summed E-state index contributed by atoms with van der Waals surface area (Å²) in [5.74, 6) is 0.334. The number of nitrogens with zero attached hydrogens (tertiary/aromatic N) is 2. The minimum Gasteiger partial charge on any atom is -0.383 e. The van der Waals surface area contributed by atoms with Gasteiger partial charge in [0, 0.05) is 30.6 Å². The predicted octanol–water partition coefficient (Wildman–Crippen LogP) is 1.89. The van der Waals surface area contributed by atoms with Gasteiger partial charge in [0.05, 0.1) is 30.5 Å². The third-order valence-electron chi connectivity index (χ3n) is 5.28. The minimum absolute atomic E-state index is 0.0277. The number of hydrogen-bond donors (Lipinski definition) is 0. The molecule has 26 heavy (non-hydrogen) atoms. The summed E-state index contributed by atoms with van der Waals surface area (Å²) in [6, 6.07) is 11.6. The van der Waals surface area contributed by atoms with Crippen LogP contribution < -0.4 is 4.90 Å². The largest absolute Gasteiger partial charge is 0.383 e. The van der Waals surface area contributed by atoms with E-state index >= 15 is 0 Å². The van der Waals surface area contributed by atoms with E-state index in [4.69, 9.17) is 4.74 Å². The van der Waals surface area contributed by atoms with Crippen molar-refractivity contribution in [1.82, 2.24) is 4.90 Å². The van der Waals surface area contributed by atoms with Gasteiger partial charge >= 0.3 is 0 Å². The number of methoxy groups -OCH3 is 1. The van der Waals surface area contributed by atoms with Gasteiger partial charge in [0.1, 0.15) is 0 Å². The van der Waals surface area contributed by atoms with Crippen LogP contribution in [0.5, 0.6) is 0 Å². The van der Waals surface area contributed by atoms with Gasteiger partial charge < -0.3 is 4.74 Å². The van der Waals surface area contributed by atoms with Crippen LogP contribution in [-0.4, -0.2) is 63.7 Å². The lowest BCUT2D eigenvalue weighted by molar-refractivity contribution is 0.0934. The second-order valence-electron chi connectivity index (χ2n) is 6.92. The van der Waals surface area contributed by atoms with Crippen LogP contribution in [0.2, 0.25) is 0 Å². The number of rotatable bonds is 6. The number of carbonyl (C=O) groups is 1. The number of hydrogen-bond acceptors (Lipinski definition) is 5. The van der Waals surface area contributed by atoms with Gasteiger partial charge in [0.2, 0.25) is 0 Å². The Kier molecular flexibility index (Phi) is 4.46. The highest BCUT2D eigenvalue weighted by Crippen LogP contribution is 2.37. The summed E-state index contributed by atoms with van der Waals surface area (Å²) in [5, 5.41) is 2.02. The highest BCUT2D eigenvalue weighted by atomic mass is 32.2. The molecule has 1 amide bonds. The Labute approximate surface area is 153 Å². The molecule has 0 spiro atoms. The molecule has 2 aliphatic rings. The first-order chi connectivity index (χ1) is 12.5. The summed E-state index contributed by atoms with van der Waals surface area (Å²) in [4.78, 5) is 16.8. The first-order valence-corrected chi connectivity index (χ1v) is 10.6. The Morgan fingerprint density at radius 2 is 2.00 bits per heavy atom. The zero-order valence-electron chi connectivity index (χ0n) is 14.7. The van der Waals surface area contributed by atoms with Crippen molar-refractivity contribution >= 4 is 32.2 Å². The zero-order valence-corrected chi connectivity index (χ0v) is 15.5. The monoisotopic (exact) mass is 374 g/mol. The van der Waals surface area contributed by atoms with Crippen molar-refractivity contribution in [2.45, 2.75) is 12.5 Å². The average Bonchev–Trinajstić information content (AvgIpc) is 3.12. The van der Waals surface area contributed by atoms with Gasteiger partial charge in [0.25, 0.3) is 5.91 Å². The Balaban J connectivity index is 1.64. The van der Waals surface area contributed by atoms with Crippen LogP contribution in [0.4, 0.5) is 5.69 Å². The van der Waals surface area contributed by atoms with Gasteiger partial charge in [0.15, 0.2) is 9.84 Å². The van der Waals surface area contributed by atoms with Crippen LogP contribution in [0.25, 0.3) is 10.8 Å². The molecule has 2 heterocycles. The van der Waals surface area contributed by atoms with Crippen molar-refractivity contribution < 1.29 is 17.9 Å². The maximum atomic E-state index is 13.0. The lowest BCUT2D eigenvalue weighted by atomic mass is 10.1. The average molecular weight is 374 g/mol. The predicted molar refractivity (Wildman–Crippen MR) is 101 cm³/mol. The smallest absolute Gasteiger partial charge is 0.260 e. The molecule has 0 N–H and O–H groups in total. The van der Waals surface area contributed by atoms with Crippen LogP contribution in [-0.2, 0) is 14.6 Å². The summed E-state index contributed by atoms with van der Waals surface area (Å²) < 4.78 is 29.0. The lowest BCUT2D eigenvalue weighted by Crippen LogP contribution is -2.47. The molecule has 138 valence electrons. The number of carbonyl (C=O) groups excluding carboxylic acids is 1.